The Morgan fingerprint density at radius 3 is 2.32 bits per heavy atom. The molecule has 0 aliphatic carbocycles. The van der Waals surface area contributed by atoms with Gasteiger partial charge in [-0.25, -0.2) is 0 Å². The van der Waals surface area contributed by atoms with Crippen molar-refractivity contribution in [1.29, 1.82) is 0 Å². The number of morpholine rings is 1. The van der Waals surface area contributed by atoms with Gasteiger partial charge in [0, 0.05) is 72.6 Å². The number of methoxy groups -OCH3 is 1. The molecule has 240 valence electrons. The number of piperidine rings is 1. The number of benzene rings is 2. The molecule has 0 bridgehead atoms. The molecule has 44 heavy (non-hydrogen) atoms. The molecular formula is C30H33F6N3O4S. The van der Waals surface area contributed by atoms with Crippen LogP contribution in [0.15, 0.2) is 58.5 Å². The second kappa shape index (κ2) is 14.7. The van der Waals surface area contributed by atoms with Gasteiger partial charge in [0.2, 0.25) is 5.91 Å². The van der Waals surface area contributed by atoms with E-state index in [-0.39, 0.29) is 16.8 Å². The summed E-state index contributed by atoms with van der Waals surface area (Å²) in [6, 6.07) is 8.10. The Morgan fingerprint density at radius 2 is 1.68 bits per heavy atom. The van der Waals surface area contributed by atoms with E-state index < -0.39 is 39.7 Å². The molecule has 0 spiro atoms. The summed E-state index contributed by atoms with van der Waals surface area (Å²) in [5.41, 5.74) is -4.39. The number of hydrogen-bond acceptors (Lipinski definition) is 7. The predicted molar refractivity (Wildman–Crippen MR) is 153 cm³/mol. The molecule has 2 heterocycles. The van der Waals surface area contributed by atoms with Gasteiger partial charge in [-0.15, -0.1) is 0 Å². The predicted octanol–water partition coefficient (Wildman–Crippen LogP) is 6.34. The van der Waals surface area contributed by atoms with Gasteiger partial charge in [-0.2, -0.15) is 26.3 Å². The first-order valence-corrected chi connectivity index (χ1v) is 14.9. The van der Waals surface area contributed by atoms with Crippen LogP contribution >= 0.6 is 11.8 Å². The molecule has 0 aromatic heterocycles. The summed E-state index contributed by atoms with van der Waals surface area (Å²) in [6.07, 6.45) is -7.09. The lowest BCUT2D eigenvalue weighted by Gasteiger charge is -2.33. The van der Waals surface area contributed by atoms with E-state index in [1.807, 2.05) is 0 Å². The standard InChI is InChI=1S/C30H33F6N3O4S/c1-42-16-10-26(41)39-12-7-20(8-13-39)37-21-3-2-4-22(19-21)44-25-6-5-23(24(40)9-11-38-14-17-43-18-15-38)27(29(31,32)33)28(25)30(34,35)36/h2-6,9,11,19-20,37H,7-8,10,12-18H2,1H3. The van der Waals surface area contributed by atoms with E-state index in [2.05, 4.69) is 5.32 Å². The number of allylic oxidation sites excluding steroid dienone is 1. The van der Waals surface area contributed by atoms with Gasteiger partial charge in [-0.1, -0.05) is 17.8 Å². The second-order valence-corrected chi connectivity index (χ2v) is 11.5. The first-order valence-electron chi connectivity index (χ1n) is 14.0. The third-order valence-corrected chi connectivity index (χ3v) is 8.33. The number of halogens is 6. The maximum Gasteiger partial charge on any atom is 0.418 e. The van der Waals surface area contributed by atoms with Gasteiger partial charge in [0.15, 0.2) is 5.78 Å². The van der Waals surface area contributed by atoms with Crippen LogP contribution in [0.2, 0.25) is 0 Å². The van der Waals surface area contributed by atoms with Gasteiger partial charge in [0.1, 0.15) is 0 Å². The summed E-state index contributed by atoms with van der Waals surface area (Å²) in [7, 11) is 1.53. The van der Waals surface area contributed by atoms with E-state index in [1.54, 1.807) is 28.0 Å². The van der Waals surface area contributed by atoms with Crippen LogP contribution in [-0.4, -0.2) is 80.6 Å². The molecule has 2 fully saturated rings. The maximum absolute atomic E-state index is 14.3. The SMILES string of the molecule is COCCC(=O)N1CCC(Nc2cccc(Sc3ccc(C(=O)C=CN4CCOCC4)c(C(F)(F)F)c3C(F)(F)F)c2)CC1. The number of alkyl halides is 6. The third-order valence-electron chi connectivity index (χ3n) is 7.28. The highest BCUT2D eigenvalue weighted by atomic mass is 32.2. The smallest absolute Gasteiger partial charge is 0.384 e. The van der Waals surface area contributed by atoms with E-state index in [0.29, 0.717) is 82.7 Å². The van der Waals surface area contributed by atoms with Crippen molar-refractivity contribution in [3.8, 4) is 0 Å². The van der Waals surface area contributed by atoms with Gasteiger partial charge in [0.05, 0.1) is 37.4 Å². The minimum Gasteiger partial charge on any atom is -0.384 e. The summed E-state index contributed by atoms with van der Waals surface area (Å²) in [5, 5.41) is 3.31. The fourth-order valence-corrected chi connectivity index (χ4v) is 6.11. The van der Waals surface area contributed by atoms with Gasteiger partial charge < -0.3 is 24.6 Å². The van der Waals surface area contributed by atoms with E-state index in [9.17, 15) is 35.9 Å². The van der Waals surface area contributed by atoms with Crippen LogP contribution in [0.5, 0.6) is 0 Å². The molecule has 2 aromatic carbocycles. The summed E-state index contributed by atoms with van der Waals surface area (Å²) >= 11 is 0.540. The van der Waals surface area contributed by atoms with Crippen molar-refractivity contribution in [2.24, 2.45) is 0 Å². The van der Waals surface area contributed by atoms with Crippen molar-refractivity contribution in [1.82, 2.24) is 9.80 Å². The number of carbonyl (C=O) groups is 2. The molecule has 7 nitrogen and oxygen atoms in total. The molecule has 0 saturated carbocycles. The molecule has 14 heteroatoms. The number of nitrogens with one attached hydrogen (secondary N) is 1. The number of nitrogens with zero attached hydrogens (tertiary/aromatic N) is 2. The van der Waals surface area contributed by atoms with E-state index in [0.717, 1.165) is 18.2 Å². The number of carbonyl (C=O) groups excluding carboxylic acids is 2. The number of rotatable bonds is 10. The van der Waals surface area contributed by atoms with Gasteiger partial charge in [0.25, 0.3) is 0 Å². The van der Waals surface area contributed by atoms with E-state index >= 15 is 0 Å². The molecular weight excluding hydrogens is 612 g/mol. The normalized spacial score (nSPS) is 16.9. The Balaban J connectivity index is 1.54. The van der Waals surface area contributed by atoms with Crippen LogP contribution in [-0.2, 0) is 26.6 Å². The molecule has 0 radical (unpaired) electrons. The van der Waals surface area contributed by atoms with Crippen molar-refractivity contribution in [3.63, 3.8) is 0 Å². The van der Waals surface area contributed by atoms with Crippen molar-refractivity contribution in [3.05, 3.63) is 65.4 Å². The van der Waals surface area contributed by atoms with Crippen molar-refractivity contribution in [2.45, 2.75) is 47.4 Å². The van der Waals surface area contributed by atoms with Crippen LogP contribution < -0.4 is 5.32 Å². The largest absolute Gasteiger partial charge is 0.418 e. The van der Waals surface area contributed by atoms with Crippen LogP contribution in [0, 0.1) is 0 Å². The molecule has 1 amide bonds. The fourth-order valence-electron chi connectivity index (χ4n) is 5.07. The van der Waals surface area contributed by atoms with E-state index in [1.165, 1.54) is 19.4 Å². The zero-order valence-electron chi connectivity index (χ0n) is 24.0. The molecule has 2 aromatic rings. The minimum absolute atomic E-state index is 0.0000985. The van der Waals surface area contributed by atoms with Gasteiger partial charge >= 0.3 is 12.4 Å². The number of likely N-dealkylation sites (tertiary alicyclic amines) is 1. The molecule has 1 N–H and O–H groups in total. The molecule has 2 aliphatic rings. The van der Waals surface area contributed by atoms with Crippen LogP contribution in [0.25, 0.3) is 0 Å². The Kier molecular flexibility index (Phi) is 11.2. The van der Waals surface area contributed by atoms with Gasteiger partial charge in [-0.3, -0.25) is 9.59 Å². The lowest BCUT2D eigenvalue weighted by Crippen LogP contribution is -2.42. The Hall–Kier alpha value is -3.23. The van der Waals surface area contributed by atoms with Crippen LogP contribution in [0.4, 0.5) is 32.0 Å². The monoisotopic (exact) mass is 645 g/mol. The fraction of sp³-hybridized carbons (Fsp3) is 0.467. The summed E-state index contributed by atoms with van der Waals surface area (Å²) in [4.78, 5) is 28.0. The van der Waals surface area contributed by atoms with Crippen LogP contribution in [0.3, 0.4) is 0 Å². The number of ketones is 1. The Morgan fingerprint density at radius 1 is 1.00 bits per heavy atom. The Labute approximate surface area is 255 Å². The molecule has 0 unspecified atom stereocenters. The number of anilines is 1. The van der Waals surface area contributed by atoms with Crippen LogP contribution in [0.1, 0.15) is 40.7 Å². The molecule has 0 atom stereocenters. The average Bonchev–Trinajstić information content (AvgIpc) is 2.98. The molecule has 2 aliphatic heterocycles. The van der Waals surface area contributed by atoms with Gasteiger partial charge in [-0.05, 0) is 43.2 Å². The third kappa shape index (κ3) is 8.91. The van der Waals surface area contributed by atoms with Crippen molar-refractivity contribution < 1.29 is 45.4 Å². The first-order chi connectivity index (χ1) is 20.9. The van der Waals surface area contributed by atoms with Crippen molar-refractivity contribution in [2.75, 3.05) is 58.4 Å². The highest BCUT2D eigenvalue weighted by molar-refractivity contribution is 7.99. The first kappa shape index (κ1) is 33.7. The lowest BCUT2D eigenvalue weighted by molar-refractivity contribution is -0.163. The quantitative estimate of drug-likeness (QED) is 0.184. The van der Waals surface area contributed by atoms with E-state index in [4.69, 9.17) is 9.47 Å². The topological polar surface area (TPSA) is 71.1 Å². The summed E-state index contributed by atoms with van der Waals surface area (Å²) < 4.78 is 95.7. The summed E-state index contributed by atoms with van der Waals surface area (Å²) in [6.45, 7) is 2.95. The number of hydrogen-bond donors (Lipinski definition) is 1. The molecule has 2 saturated heterocycles. The zero-order chi connectivity index (χ0) is 31.9. The maximum atomic E-state index is 14.3. The highest BCUT2D eigenvalue weighted by Gasteiger charge is 2.47. The second-order valence-electron chi connectivity index (χ2n) is 10.4. The molecule has 4 rings (SSSR count). The number of ether oxygens (including phenoxy) is 2. The van der Waals surface area contributed by atoms with Crippen molar-refractivity contribution >= 4 is 29.1 Å². The Bertz CT molecular complexity index is 1340. The highest BCUT2D eigenvalue weighted by Crippen LogP contribution is 2.48. The lowest BCUT2D eigenvalue weighted by atomic mass is 9.96. The average molecular weight is 646 g/mol. The summed E-state index contributed by atoms with van der Waals surface area (Å²) in [5.74, 6) is -1.17. The minimum atomic E-state index is -5.44. The number of amides is 1. The zero-order valence-corrected chi connectivity index (χ0v) is 24.8.